The monoisotopic (exact) mass is 561 g/mol. The molecule has 8 nitrogen and oxygen atoms in total. The van der Waals surface area contributed by atoms with Gasteiger partial charge in [-0.05, 0) is 74.4 Å². The second kappa shape index (κ2) is 9.87. The second-order valence-corrected chi connectivity index (χ2v) is 13.0. The van der Waals surface area contributed by atoms with E-state index >= 15 is 0 Å². The van der Waals surface area contributed by atoms with Gasteiger partial charge in [0.15, 0.2) is 0 Å². The minimum absolute atomic E-state index is 0.0302. The van der Waals surface area contributed by atoms with Gasteiger partial charge in [0.05, 0.1) is 21.2 Å². The fraction of sp³-hybridized carbons (Fsp3) is 0.138. The summed E-state index contributed by atoms with van der Waals surface area (Å²) in [5.41, 5.74) is 5.18. The third kappa shape index (κ3) is 5.00. The van der Waals surface area contributed by atoms with Crippen LogP contribution in [0.25, 0.3) is 11.1 Å². The molecule has 200 valence electrons. The largest absolute Gasteiger partial charge is 0.325 e. The SMILES string of the molecule is Cc1ccc2c(c1)-c1ccccc1S(=O)(=O)N2CC(=O)Nc1ccc(S(=O)(=O)Nc2c(C)cccc2C)cc1. The number of nitrogens with zero attached hydrogens (tertiary/aromatic N) is 1. The molecule has 4 aromatic rings. The van der Waals surface area contributed by atoms with Crippen molar-refractivity contribution >= 4 is 43.0 Å². The fourth-order valence-corrected chi connectivity index (χ4v) is 7.48. The van der Waals surface area contributed by atoms with Crippen LogP contribution in [0.2, 0.25) is 0 Å². The summed E-state index contributed by atoms with van der Waals surface area (Å²) in [6.07, 6.45) is 0. The Kier molecular flexibility index (Phi) is 6.69. The highest BCUT2D eigenvalue weighted by Crippen LogP contribution is 2.43. The molecule has 0 atom stereocenters. The predicted octanol–water partition coefficient (Wildman–Crippen LogP) is 5.23. The standard InChI is InChI=1S/C29H27N3O5S2/c1-19-11-16-26-25(17-19)24-9-4-5-10-27(24)39(36,37)32(26)18-28(33)30-22-12-14-23(15-13-22)38(34,35)31-29-20(2)7-6-8-21(29)3/h4-17,31H,18H2,1-3H3,(H,30,33). The van der Waals surface area contributed by atoms with Crippen LogP contribution in [-0.2, 0) is 24.8 Å². The highest BCUT2D eigenvalue weighted by Gasteiger charge is 2.35. The molecule has 0 bridgehead atoms. The molecule has 0 saturated heterocycles. The first-order valence-electron chi connectivity index (χ1n) is 12.2. The number of nitrogens with one attached hydrogen (secondary N) is 2. The van der Waals surface area contributed by atoms with Gasteiger partial charge in [-0.1, -0.05) is 48.0 Å². The molecule has 0 radical (unpaired) electrons. The summed E-state index contributed by atoms with van der Waals surface area (Å²) in [6, 6.07) is 23.3. The van der Waals surface area contributed by atoms with E-state index in [9.17, 15) is 21.6 Å². The molecule has 0 aromatic heterocycles. The van der Waals surface area contributed by atoms with Crippen LogP contribution >= 0.6 is 0 Å². The summed E-state index contributed by atoms with van der Waals surface area (Å²) in [7, 11) is -7.83. The average molecular weight is 562 g/mol. The number of hydrogen-bond donors (Lipinski definition) is 2. The zero-order chi connectivity index (χ0) is 27.9. The number of aryl methyl sites for hydroxylation is 3. The number of benzene rings is 4. The van der Waals surface area contributed by atoms with Gasteiger partial charge in [0.25, 0.3) is 20.0 Å². The Labute approximate surface area is 228 Å². The maximum Gasteiger partial charge on any atom is 0.265 e. The molecular weight excluding hydrogens is 534 g/mol. The number of para-hydroxylation sites is 1. The van der Waals surface area contributed by atoms with Crippen LogP contribution in [0.1, 0.15) is 16.7 Å². The summed E-state index contributed by atoms with van der Waals surface area (Å²) in [4.78, 5) is 13.2. The van der Waals surface area contributed by atoms with E-state index in [1.807, 2.05) is 45.0 Å². The van der Waals surface area contributed by atoms with E-state index in [-0.39, 0.29) is 9.79 Å². The first-order chi connectivity index (χ1) is 18.5. The van der Waals surface area contributed by atoms with Crippen LogP contribution in [-0.4, -0.2) is 29.3 Å². The number of fused-ring (bicyclic) bond motifs is 3. The van der Waals surface area contributed by atoms with E-state index in [1.165, 1.54) is 30.3 Å². The number of hydrogen-bond acceptors (Lipinski definition) is 5. The van der Waals surface area contributed by atoms with Crippen LogP contribution in [0, 0.1) is 20.8 Å². The minimum Gasteiger partial charge on any atom is -0.325 e. The lowest BCUT2D eigenvalue weighted by molar-refractivity contribution is -0.114. The number of carbonyl (C=O) groups excluding carboxylic acids is 1. The Morgan fingerprint density at radius 3 is 2.18 bits per heavy atom. The van der Waals surface area contributed by atoms with Gasteiger partial charge in [-0.15, -0.1) is 0 Å². The number of amides is 1. The minimum atomic E-state index is -3.97. The second-order valence-electron chi connectivity index (χ2n) is 9.47. The molecule has 1 aliphatic rings. The number of sulfonamides is 2. The van der Waals surface area contributed by atoms with Gasteiger partial charge >= 0.3 is 0 Å². The third-order valence-electron chi connectivity index (χ3n) is 6.62. The molecule has 1 amide bonds. The van der Waals surface area contributed by atoms with E-state index in [0.717, 1.165) is 26.6 Å². The van der Waals surface area contributed by atoms with Crippen LogP contribution in [0.5, 0.6) is 0 Å². The van der Waals surface area contributed by atoms with Gasteiger partial charge < -0.3 is 5.32 Å². The van der Waals surface area contributed by atoms with Gasteiger partial charge in [0.2, 0.25) is 5.91 Å². The van der Waals surface area contributed by atoms with Gasteiger partial charge in [-0.25, -0.2) is 16.8 Å². The van der Waals surface area contributed by atoms with Crippen molar-refractivity contribution in [1.82, 2.24) is 0 Å². The smallest absolute Gasteiger partial charge is 0.265 e. The molecule has 0 saturated carbocycles. The molecule has 0 fully saturated rings. The van der Waals surface area contributed by atoms with Crippen LogP contribution in [0.15, 0.2) is 94.7 Å². The molecule has 5 rings (SSSR count). The van der Waals surface area contributed by atoms with E-state index in [1.54, 1.807) is 30.3 Å². The molecule has 4 aromatic carbocycles. The summed E-state index contributed by atoms with van der Waals surface area (Å²) >= 11 is 0. The fourth-order valence-electron chi connectivity index (χ4n) is 4.63. The van der Waals surface area contributed by atoms with Crippen LogP contribution < -0.4 is 14.3 Å². The van der Waals surface area contributed by atoms with Gasteiger partial charge in [-0.2, -0.15) is 0 Å². The van der Waals surface area contributed by atoms with Crippen molar-refractivity contribution in [1.29, 1.82) is 0 Å². The quantitative estimate of drug-likeness (QED) is 0.335. The Balaban J connectivity index is 1.36. The van der Waals surface area contributed by atoms with Gasteiger partial charge in [0, 0.05) is 16.8 Å². The summed E-state index contributed by atoms with van der Waals surface area (Å²) < 4.78 is 56.5. The van der Waals surface area contributed by atoms with E-state index in [2.05, 4.69) is 10.0 Å². The molecule has 2 N–H and O–H groups in total. The molecule has 1 heterocycles. The predicted molar refractivity (Wildman–Crippen MR) is 153 cm³/mol. The average Bonchev–Trinajstić information content (AvgIpc) is 2.89. The van der Waals surface area contributed by atoms with Crippen LogP contribution in [0.4, 0.5) is 17.1 Å². The number of anilines is 3. The highest BCUT2D eigenvalue weighted by molar-refractivity contribution is 7.93. The van der Waals surface area contributed by atoms with Crippen molar-refractivity contribution in [2.24, 2.45) is 0 Å². The molecule has 0 spiro atoms. The highest BCUT2D eigenvalue weighted by atomic mass is 32.2. The van der Waals surface area contributed by atoms with Crippen molar-refractivity contribution in [2.75, 3.05) is 20.9 Å². The van der Waals surface area contributed by atoms with Crippen molar-refractivity contribution in [2.45, 2.75) is 30.6 Å². The van der Waals surface area contributed by atoms with Crippen molar-refractivity contribution in [3.8, 4) is 11.1 Å². The third-order valence-corrected chi connectivity index (χ3v) is 9.80. The summed E-state index contributed by atoms with van der Waals surface area (Å²) in [5, 5.41) is 2.68. The Morgan fingerprint density at radius 2 is 1.49 bits per heavy atom. The number of rotatable bonds is 6. The Morgan fingerprint density at radius 1 is 0.821 bits per heavy atom. The molecule has 1 aliphatic heterocycles. The summed E-state index contributed by atoms with van der Waals surface area (Å²) in [5.74, 6) is -0.561. The lowest BCUT2D eigenvalue weighted by Gasteiger charge is -2.31. The first kappa shape index (κ1) is 26.5. The molecular formula is C29H27N3O5S2. The zero-order valence-electron chi connectivity index (χ0n) is 21.6. The lowest BCUT2D eigenvalue weighted by Crippen LogP contribution is -2.40. The maximum absolute atomic E-state index is 13.5. The van der Waals surface area contributed by atoms with E-state index in [4.69, 9.17) is 0 Å². The molecule has 10 heteroatoms. The number of carbonyl (C=O) groups is 1. The van der Waals surface area contributed by atoms with Gasteiger partial charge in [0.1, 0.15) is 6.54 Å². The molecule has 39 heavy (non-hydrogen) atoms. The van der Waals surface area contributed by atoms with E-state index in [0.29, 0.717) is 22.6 Å². The first-order valence-corrected chi connectivity index (χ1v) is 15.1. The summed E-state index contributed by atoms with van der Waals surface area (Å²) in [6.45, 7) is 5.12. The van der Waals surface area contributed by atoms with Crippen LogP contribution in [0.3, 0.4) is 0 Å². The van der Waals surface area contributed by atoms with Crippen molar-refractivity contribution in [3.05, 3.63) is 102 Å². The Bertz CT molecular complexity index is 1800. The van der Waals surface area contributed by atoms with Crippen molar-refractivity contribution in [3.63, 3.8) is 0 Å². The lowest BCUT2D eigenvalue weighted by atomic mass is 10.0. The van der Waals surface area contributed by atoms with Crippen molar-refractivity contribution < 1.29 is 21.6 Å². The zero-order valence-corrected chi connectivity index (χ0v) is 23.2. The topological polar surface area (TPSA) is 113 Å². The normalized spacial score (nSPS) is 13.8. The van der Waals surface area contributed by atoms with E-state index < -0.39 is 32.5 Å². The molecule has 0 aliphatic carbocycles. The van der Waals surface area contributed by atoms with Gasteiger partial charge in [-0.3, -0.25) is 13.8 Å². The Hall–Kier alpha value is -4.15. The molecule has 0 unspecified atom stereocenters. The maximum atomic E-state index is 13.5.